The molecule has 2 fully saturated rings. The van der Waals surface area contributed by atoms with E-state index in [4.69, 9.17) is 9.47 Å². The maximum atomic E-state index is 12.9. The van der Waals surface area contributed by atoms with Crippen LogP contribution in [-0.2, 0) is 4.79 Å². The second-order valence-electron chi connectivity index (χ2n) is 7.50. The normalized spacial score (nSPS) is 19.3. The highest BCUT2D eigenvalue weighted by molar-refractivity contribution is 5.95. The van der Waals surface area contributed by atoms with Crippen LogP contribution in [0.2, 0.25) is 0 Å². The number of carbonyl (C=O) groups is 2. The first-order chi connectivity index (χ1) is 13.6. The number of rotatable bonds is 6. The summed E-state index contributed by atoms with van der Waals surface area (Å²) in [7, 11) is 4.85. The Morgan fingerprint density at radius 2 is 1.68 bits per heavy atom. The highest BCUT2D eigenvalue weighted by Crippen LogP contribution is 2.31. The van der Waals surface area contributed by atoms with Crippen LogP contribution in [-0.4, -0.2) is 75.1 Å². The van der Waals surface area contributed by atoms with Crippen molar-refractivity contribution in [2.24, 2.45) is 5.92 Å². The molecule has 7 nitrogen and oxygen atoms in total. The Kier molecular flexibility index (Phi) is 6.78. The van der Waals surface area contributed by atoms with Crippen LogP contribution in [0.15, 0.2) is 18.2 Å². The molecular formula is C21H31N3O4. The smallest absolute Gasteiger partial charge is 0.254 e. The molecule has 0 bridgehead atoms. The Balaban J connectivity index is 1.65. The Morgan fingerprint density at radius 3 is 2.25 bits per heavy atom. The first-order valence-corrected chi connectivity index (χ1v) is 10.1. The highest BCUT2D eigenvalue weighted by Gasteiger charge is 2.37. The molecule has 1 aromatic rings. The third kappa shape index (κ3) is 4.24. The summed E-state index contributed by atoms with van der Waals surface area (Å²) >= 11 is 0. The van der Waals surface area contributed by atoms with Crippen LogP contribution in [0.25, 0.3) is 0 Å². The molecule has 28 heavy (non-hydrogen) atoms. The minimum atomic E-state index is -0.0779. The van der Waals surface area contributed by atoms with E-state index in [0.717, 1.165) is 12.8 Å². The van der Waals surface area contributed by atoms with Gasteiger partial charge in [0.2, 0.25) is 5.91 Å². The lowest BCUT2D eigenvalue weighted by Gasteiger charge is -2.40. The quantitative estimate of drug-likeness (QED) is 0.803. The number of nitrogens with one attached hydrogen (secondary N) is 1. The van der Waals surface area contributed by atoms with E-state index >= 15 is 0 Å². The van der Waals surface area contributed by atoms with E-state index in [1.807, 2.05) is 4.90 Å². The van der Waals surface area contributed by atoms with Gasteiger partial charge in [0.25, 0.3) is 5.91 Å². The lowest BCUT2D eigenvalue weighted by Crippen LogP contribution is -2.57. The predicted molar refractivity (Wildman–Crippen MR) is 107 cm³/mol. The molecule has 0 spiro atoms. The molecule has 3 rings (SSSR count). The zero-order valence-electron chi connectivity index (χ0n) is 17.1. The predicted octanol–water partition coefficient (Wildman–Crippen LogP) is 1.77. The molecule has 2 aliphatic rings. The highest BCUT2D eigenvalue weighted by atomic mass is 16.5. The van der Waals surface area contributed by atoms with Gasteiger partial charge in [-0.25, -0.2) is 0 Å². The molecule has 1 aromatic carbocycles. The van der Waals surface area contributed by atoms with Crippen LogP contribution in [0.4, 0.5) is 0 Å². The molecule has 1 heterocycles. The van der Waals surface area contributed by atoms with Gasteiger partial charge in [0.15, 0.2) is 11.5 Å². The van der Waals surface area contributed by atoms with Gasteiger partial charge in [0.1, 0.15) is 0 Å². The SMILES string of the molecule is CNC(=O)C(C1CCCC1)N1CCN(C(=O)c2ccc(OC)c(OC)c2)CC1. The van der Waals surface area contributed by atoms with Crippen molar-refractivity contribution in [3.05, 3.63) is 23.8 Å². The monoisotopic (exact) mass is 389 g/mol. The minimum Gasteiger partial charge on any atom is -0.493 e. The van der Waals surface area contributed by atoms with Crippen molar-refractivity contribution in [3.63, 3.8) is 0 Å². The molecular weight excluding hydrogens is 358 g/mol. The molecule has 1 aliphatic carbocycles. The van der Waals surface area contributed by atoms with E-state index < -0.39 is 0 Å². The van der Waals surface area contributed by atoms with Crippen LogP contribution >= 0.6 is 0 Å². The largest absolute Gasteiger partial charge is 0.493 e. The number of likely N-dealkylation sites (N-methyl/N-ethyl adjacent to an activating group) is 1. The van der Waals surface area contributed by atoms with E-state index in [9.17, 15) is 9.59 Å². The average molecular weight is 389 g/mol. The summed E-state index contributed by atoms with van der Waals surface area (Å²) in [5, 5.41) is 2.84. The summed E-state index contributed by atoms with van der Waals surface area (Å²) in [6, 6.07) is 5.16. The maximum Gasteiger partial charge on any atom is 0.254 e. The van der Waals surface area contributed by atoms with E-state index in [0.29, 0.717) is 49.2 Å². The molecule has 1 N–H and O–H groups in total. The van der Waals surface area contributed by atoms with Gasteiger partial charge in [-0.2, -0.15) is 0 Å². The van der Waals surface area contributed by atoms with Crippen molar-refractivity contribution in [2.75, 3.05) is 47.4 Å². The second-order valence-corrected chi connectivity index (χ2v) is 7.50. The molecule has 0 radical (unpaired) electrons. The summed E-state index contributed by atoms with van der Waals surface area (Å²) in [6.45, 7) is 2.67. The lowest BCUT2D eigenvalue weighted by atomic mass is 9.95. The zero-order chi connectivity index (χ0) is 20.1. The van der Waals surface area contributed by atoms with Gasteiger partial charge in [0.05, 0.1) is 20.3 Å². The van der Waals surface area contributed by atoms with Crippen molar-refractivity contribution in [3.8, 4) is 11.5 Å². The summed E-state index contributed by atoms with van der Waals surface area (Å²) in [5.41, 5.74) is 0.588. The van der Waals surface area contributed by atoms with Crippen molar-refractivity contribution >= 4 is 11.8 Å². The van der Waals surface area contributed by atoms with Gasteiger partial charge in [-0.05, 0) is 37.0 Å². The zero-order valence-corrected chi connectivity index (χ0v) is 17.1. The summed E-state index contributed by atoms with van der Waals surface area (Å²) in [5.74, 6) is 1.67. The Hall–Kier alpha value is -2.28. The van der Waals surface area contributed by atoms with E-state index in [1.165, 1.54) is 12.8 Å². The van der Waals surface area contributed by atoms with Crippen molar-refractivity contribution in [2.45, 2.75) is 31.7 Å². The summed E-state index contributed by atoms with van der Waals surface area (Å²) in [4.78, 5) is 29.5. The lowest BCUT2D eigenvalue weighted by molar-refractivity contribution is -0.128. The van der Waals surface area contributed by atoms with Crippen LogP contribution in [0.3, 0.4) is 0 Å². The first kappa shape index (κ1) is 20.5. The molecule has 1 atom stereocenters. The van der Waals surface area contributed by atoms with Gasteiger partial charge in [-0.1, -0.05) is 12.8 Å². The van der Waals surface area contributed by atoms with Crippen LogP contribution in [0.5, 0.6) is 11.5 Å². The van der Waals surface area contributed by atoms with Gasteiger partial charge in [0, 0.05) is 38.8 Å². The summed E-state index contributed by atoms with van der Waals surface area (Å²) < 4.78 is 10.6. The number of hydrogen-bond donors (Lipinski definition) is 1. The van der Waals surface area contributed by atoms with Crippen molar-refractivity contribution in [1.82, 2.24) is 15.1 Å². The van der Waals surface area contributed by atoms with E-state index in [2.05, 4.69) is 10.2 Å². The molecule has 0 aromatic heterocycles. The third-order valence-electron chi connectivity index (χ3n) is 5.99. The fraction of sp³-hybridized carbons (Fsp3) is 0.619. The topological polar surface area (TPSA) is 71.1 Å². The standard InChI is InChI=1S/C21H31N3O4/c1-22-20(25)19(15-6-4-5-7-15)23-10-12-24(13-11-23)21(26)16-8-9-17(27-2)18(14-16)28-3/h8-9,14-15,19H,4-7,10-13H2,1-3H3,(H,22,25). The van der Waals surface area contributed by atoms with Crippen LogP contribution in [0.1, 0.15) is 36.0 Å². The molecule has 2 amide bonds. The number of hydrogen-bond acceptors (Lipinski definition) is 5. The number of piperazine rings is 1. The molecule has 1 unspecified atom stereocenters. The number of ether oxygens (including phenoxy) is 2. The Labute approximate surface area is 167 Å². The molecule has 154 valence electrons. The number of nitrogens with zero attached hydrogens (tertiary/aromatic N) is 2. The number of methoxy groups -OCH3 is 2. The maximum absolute atomic E-state index is 12.9. The van der Waals surface area contributed by atoms with Crippen LogP contribution < -0.4 is 14.8 Å². The fourth-order valence-corrected chi connectivity index (χ4v) is 4.45. The van der Waals surface area contributed by atoms with Crippen LogP contribution in [0, 0.1) is 5.92 Å². The third-order valence-corrected chi connectivity index (χ3v) is 5.99. The minimum absolute atomic E-state index is 0.0158. The number of carbonyl (C=O) groups excluding carboxylic acids is 2. The first-order valence-electron chi connectivity index (χ1n) is 10.1. The average Bonchev–Trinajstić information content (AvgIpc) is 3.27. The molecule has 7 heteroatoms. The van der Waals surface area contributed by atoms with Gasteiger partial charge < -0.3 is 19.7 Å². The van der Waals surface area contributed by atoms with E-state index in [1.54, 1.807) is 39.5 Å². The Bertz CT molecular complexity index is 695. The van der Waals surface area contributed by atoms with Gasteiger partial charge in [-0.3, -0.25) is 14.5 Å². The molecule has 1 aliphatic heterocycles. The fourth-order valence-electron chi connectivity index (χ4n) is 4.45. The van der Waals surface area contributed by atoms with E-state index in [-0.39, 0.29) is 17.9 Å². The molecule has 1 saturated heterocycles. The summed E-state index contributed by atoms with van der Waals surface area (Å²) in [6.07, 6.45) is 4.64. The van der Waals surface area contributed by atoms with Gasteiger partial charge >= 0.3 is 0 Å². The number of benzene rings is 1. The molecule has 1 saturated carbocycles. The van der Waals surface area contributed by atoms with Crippen molar-refractivity contribution < 1.29 is 19.1 Å². The van der Waals surface area contributed by atoms with Crippen molar-refractivity contribution in [1.29, 1.82) is 0 Å². The van der Waals surface area contributed by atoms with Gasteiger partial charge in [-0.15, -0.1) is 0 Å². The number of amides is 2. The Morgan fingerprint density at radius 1 is 1.04 bits per heavy atom. The second kappa shape index (κ2) is 9.28.